The molecule has 3 rings (SSSR count). The van der Waals surface area contributed by atoms with Gasteiger partial charge in [0, 0.05) is 36.8 Å². The van der Waals surface area contributed by atoms with Gasteiger partial charge in [-0.05, 0) is 56.5 Å². The highest BCUT2D eigenvalue weighted by atomic mass is 16.2. The van der Waals surface area contributed by atoms with Crippen LogP contribution in [0.25, 0.3) is 0 Å². The van der Waals surface area contributed by atoms with E-state index in [4.69, 9.17) is 0 Å². The number of amides is 2. The van der Waals surface area contributed by atoms with Crippen molar-refractivity contribution >= 4 is 17.5 Å². The Hall–Kier alpha value is -1.88. The van der Waals surface area contributed by atoms with E-state index in [0.717, 1.165) is 51.0 Å². The Morgan fingerprint density at radius 1 is 1.04 bits per heavy atom. The quantitative estimate of drug-likeness (QED) is 0.893. The average molecular weight is 329 g/mol. The lowest BCUT2D eigenvalue weighted by Gasteiger charge is -2.20. The van der Waals surface area contributed by atoms with Gasteiger partial charge in [0.2, 0.25) is 5.91 Å². The summed E-state index contributed by atoms with van der Waals surface area (Å²) in [4.78, 5) is 26.5. The summed E-state index contributed by atoms with van der Waals surface area (Å²) in [5.41, 5.74) is 1.46. The van der Waals surface area contributed by atoms with Crippen LogP contribution >= 0.6 is 0 Å². The number of carbonyl (C=O) groups is 2. The highest BCUT2D eigenvalue weighted by Gasteiger charge is 2.19. The number of nitrogens with one attached hydrogen (secondary N) is 2. The van der Waals surface area contributed by atoms with Crippen LogP contribution in [0.1, 0.15) is 55.3 Å². The maximum atomic E-state index is 12.5. The van der Waals surface area contributed by atoms with Crippen LogP contribution in [-0.2, 0) is 4.79 Å². The van der Waals surface area contributed by atoms with Gasteiger partial charge in [-0.15, -0.1) is 0 Å². The van der Waals surface area contributed by atoms with Crippen LogP contribution in [0.5, 0.6) is 0 Å². The third-order valence-corrected chi connectivity index (χ3v) is 4.90. The molecule has 5 heteroatoms. The SMILES string of the molecule is O=C(CC1CCCN1)Nc1ccc(C(=O)N2CCCCCC2)cc1. The Bertz CT molecular complexity index is 556. The molecular weight excluding hydrogens is 302 g/mol. The summed E-state index contributed by atoms with van der Waals surface area (Å²) in [5, 5.41) is 6.25. The first kappa shape index (κ1) is 17.0. The molecule has 1 aromatic carbocycles. The predicted molar refractivity (Wildman–Crippen MR) is 95.1 cm³/mol. The summed E-state index contributed by atoms with van der Waals surface area (Å²) in [5.74, 6) is 0.130. The van der Waals surface area contributed by atoms with Gasteiger partial charge in [0.05, 0.1) is 0 Å². The molecule has 24 heavy (non-hydrogen) atoms. The van der Waals surface area contributed by atoms with Crippen molar-refractivity contribution in [1.82, 2.24) is 10.2 Å². The number of hydrogen-bond acceptors (Lipinski definition) is 3. The number of nitrogens with zero attached hydrogens (tertiary/aromatic N) is 1. The van der Waals surface area contributed by atoms with Gasteiger partial charge in [0.25, 0.3) is 5.91 Å². The third kappa shape index (κ3) is 4.57. The zero-order valence-electron chi connectivity index (χ0n) is 14.2. The van der Waals surface area contributed by atoms with Crippen LogP contribution in [0, 0.1) is 0 Å². The second kappa shape index (κ2) is 8.29. The van der Waals surface area contributed by atoms with Crippen molar-refractivity contribution in [2.75, 3.05) is 25.0 Å². The molecule has 5 nitrogen and oxygen atoms in total. The molecule has 0 radical (unpaired) electrons. The van der Waals surface area contributed by atoms with E-state index in [2.05, 4.69) is 10.6 Å². The first-order valence-electron chi connectivity index (χ1n) is 9.15. The summed E-state index contributed by atoms with van der Waals surface area (Å²) in [6.07, 6.45) is 7.33. The van der Waals surface area contributed by atoms with E-state index in [0.29, 0.717) is 18.0 Å². The standard InChI is InChI=1S/C19H27N3O2/c23-18(14-17-6-5-11-20-17)21-16-9-7-15(8-10-16)19(24)22-12-3-1-2-4-13-22/h7-10,17,20H,1-6,11-14H2,(H,21,23). The van der Waals surface area contributed by atoms with Gasteiger partial charge in [0.1, 0.15) is 0 Å². The summed E-state index contributed by atoms with van der Waals surface area (Å²) < 4.78 is 0. The predicted octanol–water partition coefficient (Wildman–Crippen LogP) is 2.78. The molecule has 2 N–H and O–H groups in total. The first-order valence-corrected chi connectivity index (χ1v) is 9.15. The normalized spacial score (nSPS) is 21.3. The van der Waals surface area contributed by atoms with Crippen LogP contribution in [0.4, 0.5) is 5.69 Å². The van der Waals surface area contributed by atoms with Crippen LogP contribution < -0.4 is 10.6 Å². The van der Waals surface area contributed by atoms with E-state index < -0.39 is 0 Å². The lowest BCUT2D eigenvalue weighted by molar-refractivity contribution is -0.116. The fraction of sp³-hybridized carbons (Fsp3) is 0.579. The Labute approximate surface area is 143 Å². The van der Waals surface area contributed by atoms with E-state index in [1.807, 2.05) is 29.2 Å². The van der Waals surface area contributed by atoms with E-state index in [1.54, 1.807) is 0 Å². The maximum absolute atomic E-state index is 12.5. The Kier molecular flexibility index (Phi) is 5.86. The van der Waals surface area contributed by atoms with E-state index in [-0.39, 0.29) is 11.8 Å². The minimum atomic E-state index is 0.0287. The van der Waals surface area contributed by atoms with Crippen LogP contribution in [0.2, 0.25) is 0 Å². The lowest BCUT2D eigenvalue weighted by Crippen LogP contribution is -2.31. The summed E-state index contributed by atoms with van der Waals surface area (Å²) in [7, 11) is 0. The van der Waals surface area contributed by atoms with Crippen molar-refractivity contribution in [3.8, 4) is 0 Å². The number of likely N-dealkylation sites (tertiary alicyclic amines) is 1. The van der Waals surface area contributed by atoms with Crippen LogP contribution in [0.3, 0.4) is 0 Å². The van der Waals surface area contributed by atoms with Gasteiger partial charge < -0.3 is 15.5 Å². The second-order valence-corrected chi connectivity index (χ2v) is 6.83. The second-order valence-electron chi connectivity index (χ2n) is 6.83. The highest BCUT2D eigenvalue weighted by molar-refractivity contribution is 5.96. The topological polar surface area (TPSA) is 61.4 Å². The summed E-state index contributed by atoms with van der Waals surface area (Å²) in [6.45, 7) is 2.71. The number of anilines is 1. The number of hydrogen-bond donors (Lipinski definition) is 2. The molecule has 0 aliphatic carbocycles. The molecule has 0 saturated carbocycles. The molecule has 2 aliphatic rings. The maximum Gasteiger partial charge on any atom is 0.253 e. The Morgan fingerprint density at radius 3 is 2.38 bits per heavy atom. The van der Waals surface area contributed by atoms with Gasteiger partial charge in [-0.2, -0.15) is 0 Å². The van der Waals surface area contributed by atoms with Gasteiger partial charge in [0.15, 0.2) is 0 Å². The fourth-order valence-corrected chi connectivity index (χ4v) is 3.52. The molecule has 2 fully saturated rings. The zero-order chi connectivity index (χ0) is 16.8. The highest BCUT2D eigenvalue weighted by Crippen LogP contribution is 2.16. The van der Waals surface area contributed by atoms with E-state index in [9.17, 15) is 9.59 Å². The number of rotatable bonds is 4. The number of carbonyl (C=O) groups excluding carboxylic acids is 2. The minimum Gasteiger partial charge on any atom is -0.339 e. The minimum absolute atomic E-state index is 0.0287. The largest absolute Gasteiger partial charge is 0.339 e. The molecule has 1 unspecified atom stereocenters. The molecule has 130 valence electrons. The number of benzene rings is 1. The molecule has 1 atom stereocenters. The van der Waals surface area contributed by atoms with Crippen molar-refractivity contribution in [1.29, 1.82) is 0 Å². The Balaban J connectivity index is 1.54. The molecule has 0 bridgehead atoms. The van der Waals surface area contributed by atoms with E-state index >= 15 is 0 Å². The van der Waals surface area contributed by atoms with Crippen molar-refractivity contribution < 1.29 is 9.59 Å². The van der Waals surface area contributed by atoms with Gasteiger partial charge in [-0.3, -0.25) is 9.59 Å². The Morgan fingerprint density at radius 2 is 1.75 bits per heavy atom. The lowest BCUT2D eigenvalue weighted by atomic mass is 10.1. The first-order chi connectivity index (χ1) is 11.7. The zero-order valence-corrected chi connectivity index (χ0v) is 14.2. The molecule has 2 heterocycles. The molecule has 2 aliphatic heterocycles. The third-order valence-electron chi connectivity index (χ3n) is 4.90. The van der Waals surface area contributed by atoms with Crippen molar-refractivity contribution in [3.63, 3.8) is 0 Å². The summed E-state index contributed by atoms with van der Waals surface area (Å²) in [6, 6.07) is 7.58. The molecule has 0 aromatic heterocycles. The molecule has 0 spiro atoms. The smallest absolute Gasteiger partial charge is 0.253 e. The van der Waals surface area contributed by atoms with Crippen LogP contribution in [-0.4, -0.2) is 42.4 Å². The average Bonchev–Trinajstić information content (AvgIpc) is 2.94. The monoisotopic (exact) mass is 329 g/mol. The van der Waals surface area contributed by atoms with Crippen molar-refractivity contribution in [2.24, 2.45) is 0 Å². The van der Waals surface area contributed by atoms with E-state index in [1.165, 1.54) is 12.8 Å². The molecule has 2 saturated heterocycles. The summed E-state index contributed by atoms with van der Waals surface area (Å²) >= 11 is 0. The molecule has 1 aromatic rings. The van der Waals surface area contributed by atoms with Gasteiger partial charge >= 0.3 is 0 Å². The molecular formula is C19H27N3O2. The van der Waals surface area contributed by atoms with Gasteiger partial charge in [-0.25, -0.2) is 0 Å². The fourth-order valence-electron chi connectivity index (χ4n) is 3.52. The van der Waals surface area contributed by atoms with Crippen molar-refractivity contribution in [3.05, 3.63) is 29.8 Å². The van der Waals surface area contributed by atoms with Crippen molar-refractivity contribution in [2.45, 2.75) is 51.0 Å². The molecule has 2 amide bonds. The van der Waals surface area contributed by atoms with Gasteiger partial charge in [-0.1, -0.05) is 12.8 Å². The van der Waals surface area contributed by atoms with Crippen LogP contribution in [0.15, 0.2) is 24.3 Å².